The van der Waals surface area contributed by atoms with Crippen molar-refractivity contribution in [3.05, 3.63) is 35.4 Å². The summed E-state index contributed by atoms with van der Waals surface area (Å²) in [7, 11) is -3.67. The maximum absolute atomic E-state index is 10.5. The molecule has 0 saturated heterocycles. The van der Waals surface area contributed by atoms with Gasteiger partial charge in [-0.3, -0.25) is 4.55 Å². The Hall–Kier alpha value is -1.05. The number of carbonyl (C=O) groups is 1. The van der Waals surface area contributed by atoms with Crippen molar-refractivity contribution >= 4 is 25.9 Å². The monoisotopic (exact) mass is 248 g/mol. The van der Waals surface area contributed by atoms with Crippen molar-refractivity contribution in [2.75, 3.05) is 0 Å². The summed E-state index contributed by atoms with van der Waals surface area (Å²) in [6.45, 7) is 0. The molecule has 7 heteroatoms. The molecule has 1 aromatic carbocycles. The van der Waals surface area contributed by atoms with Gasteiger partial charge in [-0.1, -0.05) is 12.1 Å². The summed E-state index contributed by atoms with van der Waals surface area (Å²) in [6.07, 6.45) is 0. The highest BCUT2D eigenvalue weighted by Gasteiger charge is 2.06. The van der Waals surface area contributed by atoms with E-state index in [0.29, 0.717) is 16.4 Å². The first-order valence-corrected chi connectivity index (χ1v) is 6.77. The molecule has 2 N–H and O–H groups in total. The van der Waals surface area contributed by atoms with E-state index in [0.717, 1.165) is 0 Å². The van der Waals surface area contributed by atoms with Crippen LogP contribution in [0.15, 0.2) is 24.3 Å². The molecule has 1 aromatic rings. The van der Waals surface area contributed by atoms with Gasteiger partial charge in [0.25, 0.3) is 0 Å². The van der Waals surface area contributed by atoms with E-state index in [1.807, 2.05) is 0 Å². The summed E-state index contributed by atoms with van der Waals surface area (Å²) in [5.74, 6) is -0.956. The van der Waals surface area contributed by atoms with Crippen LogP contribution in [0.3, 0.4) is 0 Å². The second kappa shape index (κ2) is 4.65. The second-order valence-corrected chi connectivity index (χ2v) is 6.04. The van der Waals surface area contributed by atoms with E-state index in [9.17, 15) is 13.2 Å². The van der Waals surface area contributed by atoms with E-state index in [4.69, 9.17) is 9.66 Å². The molecule has 82 valence electrons. The number of carboxylic acids is 1. The summed E-state index contributed by atoms with van der Waals surface area (Å²) in [5, 5.41) is 8.59. The minimum absolute atomic E-state index is 0.0821. The third-order valence-electron chi connectivity index (χ3n) is 1.58. The van der Waals surface area contributed by atoms with E-state index in [1.165, 1.54) is 24.3 Å². The molecule has 15 heavy (non-hydrogen) atoms. The molecule has 0 bridgehead atoms. The van der Waals surface area contributed by atoms with Crippen molar-refractivity contribution in [3.63, 3.8) is 0 Å². The zero-order valence-corrected chi connectivity index (χ0v) is 9.09. The molecule has 0 unspecified atom stereocenters. The fourth-order valence-corrected chi connectivity index (χ4v) is 2.22. The minimum atomic E-state index is -4.05. The Bertz CT molecular complexity index is 448. The molecule has 0 heterocycles. The van der Waals surface area contributed by atoms with Crippen LogP contribution < -0.4 is 0 Å². The molecule has 5 nitrogen and oxygen atoms in total. The standard InChI is InChI=1S/C8H8O5S2/c9-8(10)7-3-1-6(2-4-7)5-14-15(11,12)13/h1-4H,5H2,(H,9,10)(H,11,12,13). The lowest BCUT2D eigenvalue weighted by molar-refractivity contribution is 0.0697. The third-order valence-corrected chi connectivity index (χ3v) is 3.57. The highest BCUT2D eigenvalue weighted by molar-refractivity contribution is 8.69. The number of carboxylic acid groups (broad SMARTS) is 1. The van der Waals surface area contributed by atoms with Crippen LogP contribution in [0.2, 0.25) is 0 Å². The van der Waals surface area contributed by atoms with Crippen LogP contribution in [-0.4, -0.2) is 24.0 Å². The smallest absolute Gasteiger partial charge is 0.335 e. The van der Waals surface area contributed by atoms with E-state index >= 15 is 0 Å². The summed E-state index contributed by atoms with van der Waals surface area (Å²) < 4.78 is 29.3. The lowest BCUT2D eigenvalue weighted by Crippen LogP contribution is -1.96. The second-order valence-electron chi connectivity index (χ2n) is 2.69. The Kier molecular flexibility index (Phi) is 3.72. The van der Waals surface area contributed by atoms with Gasteiger partial charge in [-0.25, -0.2) is 4.79 Å². The zero-order valence-electron chi connectivity index (χ0n) is 7.45. The van der Waals surface area contributed by atoms with Gasteiger partial charge in [0.2, 0.25) is 0 Å². The van der Waals surface area contributed by atoms with Gasteiger partial charge in [0.15, 0.2) is 0 Å². The maximum Gasteiger partial charge on any atom is 0.335 e. The van der Waals surface area contributed by atoms with Crippen LogP contribution in [0.5, 0.6) is 0 Å². The number of benzene rings is 1. The zero-order chi connectivity index (χ0) is 11.5. The molecule has 0 fully saturated rings. The first-order chi connectivity index (χ1) is 6.88. The summed E-state index contributed by atoms with van der Waals surface area (Å²) >= 11 is 0. The van der Waals surface area contributed by atoms with Crippen molar-refractivity contribution in [1.82, 2.24) is 0 Å². The predicted octanol–water partition coefficient (Wildman–Crippen LogP) is 1.42. The summed E-state index contributed by atoms with van der Waals surface area (Å²) in [5.41, 5.74) is 0.762. The van der Waals surface area contributed by atoms with E-state index in [-0.39, 0.29) is 11.3 Å². The molecule has 0 aromatic heterocycles. The molecule has 1 rings (SSSR count). The fraction of sp³-hybridized carbons (Fsp3) is 0.125. The van der Waals surface area contributed by atoms with Crippen molar-refractivity contribution in [2.24, 2.45) is 0 Å². The van der Waals surface area contributed by atoms with Crippen LogP contribution in [0.1, 0.15) is 15.9 Å². The van der Waals surface area contributed by atoms with Gasteiger partial charge in [0.05, 0.1) is 5.56 Å². The number of rotatable bonds is 4. The van der Waals surface area contributed by atoms with Crippen LogP contribution in [0, 0.1) is 0 Å². The van der Waals surface area contributed by atoms with E-state index < -0.39 is 15.1 Å². The Balaban J connectivity index is 2.69. The number of hydrogen-bond acceptors (Lipinski definition) is 4. The molecule has 0 aliphatic rings. The highest BCUT2D eigenvalue weighted by Crippen LogP contribution is 2.17. The topological polar surface area (TPSA) is 91.7 Å². The largest absolute Gasteiger partial charge is 0.478 e. The quantitative estimate of drug-likeness (QED) is 0.618. The Morgan fingerprint density at radius 1 is 1.27 bits per heavy atom. The van der Waals surface area contributed by atoms with Gasteiger partial charge in [-0.2, -0.15) is 8.42 Å². The normalized spacial score (nSPS) is 11.3. The van der Waals surface area contributed by atoms with Gasteiger partial charge in [-0.05, 0) is 17.7 Å². The van der Waals surface area contributed by atoms with Gasteiger partial charge >= 0.3 is 15.1 Å². The van der Waals surface area contributed by atoms with Crippen LogP contribution in [0.4, 0.5) is 0 Å². The number of aromatic carboxylic acids is 1. The van der Waals surface area contributed by atoms with Gasteiger partial charge in [0.1, 0.15) is 0 Å². The summed E-state index contributed by atoms with van der Waals surface area (Å²) in [6, 6.07) is 5.76. The average Bonchev–Trinajstić information content (AvgIpc) is 2.14. The van der Waals surface area contributed by atoms with Crippen molar-refractivity contribution < 1.29 is 22.9 Å². The molecule has 0 atom stereocenters. The van der Waals surface area contributed by atoms with Crippen molar-refractivity contribution in [2.45, 2.75) is 5.75 Å². The lowest BCUT2D eigenvalue weighted by atomic mass is 10.1. The molecular weight excluding hydrogens is 240 g/mol. The Morgan fingerprint density at radius 2 is 1.80 bits per heavy atom. The average molecular weight is 248 g/mol. The van der Waals surface area contributed by atoms with Gasteiger partial charge < -0.3 is 5.11 Å². The third kappa shape index (κ3) is 4.32. The van der Waals surface area contributed by atoms with Crippen LogP contribution >= 0.6 is 10.8 Å². The van der Waals surface area contributed by atoms with Gasteiger partial charge in [-0.15, -0.1) is 0 Å². The molecule has 0 aliphatic heterocycles. The van der Waals surface area contributed by atoms with Crippen LogP contribution in [-0.2, 0) is 14.9 Å². The molecule has 0 spiro atoms. The Morgan fingerprint density at radius 3 is 2.20 bits per heavy atom. The van der Waals surface area contributed by atoms with E-state index in [2.05, 4.69) is 0 Å². The molecule has 0 radical (unpaired) electrons. The molecule has 0 amide bonds. The molecule has 0 saturated carbocycles. The summed E-state index contributed by atoms with van der Waals surface area (Å²) in [4.78, 5) is 10.5. The van der Waals surface area contributed by atoms with Crippen LogP contribution in [0.25, 0.3) is 0 Å². The fourth-order valence-electron chi connectivity index (χ4n) is 0.886. The maximum atomic E-state index is 10.5. The highest BCUT2D eigenvalue weighted by atomic mass is 33.1. The Labute approximate surface area is 90.3 Å². The first-order valence-electron chi connectivity index (χ1n) is 3.82. The van der Waals surface area contributed by atoms with Crippen molar-refractivity contribution in [1.29, 1.82) is 0 Å². The van der Waals surface area contributed by atoms with E-state index in [1.54, 1.807) is 0 Å². The minimum Gasteiger partial charge on any atom is -0.478 e. The van der Waals surface area contributed by atoms with Gasteiger partial charge in [0, 0.05) is 16.5 Å². The molecular formula is C8H8O5S2. The SMILES string of the molecule is O=C(O)c1ccc(CSS(=O)(=O)O)cc1. The lowest BCUT2D eigenvalue weighted by Gasteiger charge is -1.99. The first kappa shape index (κ1) is 12.0. The predicted molar refractivity (Wildman–Crippen MR) is 56.2 cm³/mol. The molecule has 0 aliphatic carbocycles. The van der Waals surface area contributed by atoms with Crippen molar-refractivity contribution in [3.8, 4) is 0 Å². The number of hydrogen-bond donors (Lipinski definition) is 2.